The highest BCUT2D eigenvalue weighted by Gasteiger charge is 2.60. The molecule has 8 nitrogen and oxygen atoms in total. The first-order valence-corrected chi connectivity index (χ1v) is 15.2. The van der Waals surface area contributed by atoms with Gasteiger partial charge in [-0.05, 0) is 97.2 Å². The predicted molar refractivity (Wildman–Crippen MR) is 160 cm³/mol. The minimum Gasteiger partial charge on any atom is -0.457 e. The molecular weight excluding hydrogens is 556 g/mol. The monoisotopic (exact) mass is 584 g/mol. The van der Waals surface area contributed by atoms with Gasteiger partial charge in [-0.25, -0.2) is 0 Å². The molecule has 3 aromatic rings. The van der Waals surface area contributed by atoms with Gasteiger partial charge in [0.05, 0.1) is 35.0 Å². The number of benzene rings is 3. The Morgan fingerprint density at radius 1 is 0.455 bits per heavy atom. The van der Waals surface area contributed by atoms with Crippen molar-refractivity contribution in [1.82, 2.24) is 0 Å². The van der Waals surface area contributed by atoms with E-state index in [1.54, 1.807) is 54.6 Å². The van der Waals surface area contributed by atoms with Crippen LogP contribution < -0.4 is 19.3 Å². The zero-order valence-corrected chi connectivity index (χ0v) is 23.6. The van der Waals surface area contributed by atoms with E-state index in [1.165, 1.54) is 9.80 Å². The summed E-state index contributed by atoms with van der Waals surface area (Å²) in [6.07, 6.45) is 10.2. The predicted octanol–water partition coefficient (Wildman–Crippen LogP) is 5.89. The summed E-state index contributed by atoms with van der Waals surface area (Å²) in [4.78, 5) is 55.2. The van der Waals surface area contributed by atoms with E-state index >= 15 is 0 Å². The summed E-state index contributed by atoms with van der Waals surface area (Å²) in [7, 11) is 0. The van der Waals surface area contributed by atoms with Crippen LogP contribution in [0.3, 0.4) is 0 Å². The van der Waals surface area contributed by atoms with Crippen LogP contribution >= 0.6 is 0 Å². The third kappa shape index (κ3) is 3.63. The second-order valence-electron chi connectivity index (χ2n) is 12.7. The topological polar surface area (TPSA) is 93.2 Å². The van der Waals surface area contributed by atoms with Gasteiger partial charge in [0.25, 0.3) is 0 Å². The van der Waals surface area contributed by atoms with Crippen LogP contribution in [0.5, 0.6) is 23.0 Å². The van der Waals surface area contributed by atoms with Crippen LogP contribution in [0.1, 0.15) is 12.8 Å². The molecule has 2 saturated heterocycles. The molecule has 4 aliphatic carbocycles. The van der Waals surface area contributed by atoms with Crippen molar-refractivity contribution in [3.8, 4) is 23.0 Å². The summed E-state index contributed by atoms with van der Waals surface area (Å²) >= 11 is 0. The molecule has 9 rings (SSSR count). The van der Waals surface area contributed by atoms with Crippen molar-refractivity contribution in [2.24, 2.45) is 47.3 Å². The molecule has 2 saturated carbocycles. The Hall–Kier alpha value is -4.98. The number of allylic oxidation sites excluding steroid dienone is 4. The first-order valence-electron chi connectivity index (χ1n) is 15.2. The molecule has 218 valence electrons. The Balaban J connectivity index is 0.864. The second kappa shape index (κ2) is 9.26. The van der Waals surface area contributed by atoms with Crippen LogP contribution in [-0.2, 0) is 19.2 Å². The Labute approximate surface area is 253 Å². The first kappa shape index (κ1) is 25.5. The number of anilines is 2. The van der Waals surface area contributed by atoms with Gasteiger partial charge in [-0.2, -0.15) is 0 Å². The normalized spacial score (nSPS) is 32.3. The van der Waals surface area contributed by atoms with E-state index in [2.05, 4.69) is 24.3 Å². The maximum Gasteiger partial charge on any atom is 0.238 e. The maximum absolute atomic E-state index is 13.1. The Morgan fingerprint density at radius 2 is 0.795 bits per heavy atom. The molecule has 4 fully saturated rings. The third-order valence-electron chi connectivity index (χ3n) is 10.4. The minimum atomic E-state index is -0.232. The molecule has 8 atom stereocenters. The molecular formula is C36H28N2O6. The zero-order chi connectivity index (χ0) is 29.7. The van der Waals surface area contributed by atoms with Crippen molar-refractivity contribution in [2.75, 3.05) is 9.80 Å². The van der Waals surface area contributed by atoms with Gasteiger partial charge in [0.15, 0.2) is 0 Å². The van der Waals surface area contributed by atoms with Crippen molar-refractivity contribution in [3.63, 3.8) is 0 Å². The van der Waals surface area contributed by atoms with Gasteiger partial charge in [-0.1, -0.05) is 30.4 Å². The van der Waals surface area contributed by atoms with Gasteiger partial charge < -0.3 is 9.47 Å². The standard InChI is InChI=1S/C36H28N2O6/c39-33-29-19-4-5-20(16-19)30(29)34(40)37(33)23-8-12-25(13-9-23)43-27-2-1-3-28(18-27)44-26-14-10-24(11-15-26)38-35(41)31-21-6-7-22(17-21)32(31)36(38)42/h1-15,18-22,29-32H,16-17H2/t19-,20-,21-,22+,29-,30+,31-,32+/m0/s1. The van der Waals surface area contributed by atoms with E-state index in [0.717, 1.165) is 12.8 Å². The van der Waals surface area contributed by atoms with Gasteiger partial charge >= 0.3 is 0 Å². The molecule has 6 aliphatic rings. The number of ether oxygens (including phenoxy) is 2. The number of imide groups is 2. The molecule has 0 aromatic heterocycles. The van der Waals surface area contributed by atoms with Gasteiger partial charge in [-0.15, -0.1) is 0 Å². The lowest BCUT2D eigenvalue weighted by Crippen LogP contribution is -2.32. The number of hydrogen-bond donors (Lipinski definition) is 0. The van der Waals surface area contributed by atoms with E-state index < -0.39 is 0 Å². The Morgan fingerprint density at radius 3 is 1.14 bits per heavy atom. The van der Waals surface area contributed by atoms with Crippen LogP contribution in [0.25, 0.3) is 0 Å². The lowest BCUT2D eigenvalue weighted by molar-refractivity contribution is -0.124. The fraction of sp³-hybridized carbons (Fsp3) is 0.278. The quantitative estimate of drug-likeness (QED) is 0.265. The smallest absolute Gasteiger partial charge is 0.238 e. The average molecular weight is 585 g/mol. The largest absolute Gasteiger partial charge is 0.457 e. The summed E-state index contributed by atoms with van der Waals surface area (Å²) in [5.41, 5.74) is 1.12. The van der Waals surface area contributed by atoms with E-state index in [9.17, 15) is 19.2 Å². The molecule has 2 aliphatic heterocycles. The molecule has 3 aromatic carbocycles. The SMILES string of the molecule is O=C1[C@@H]2[C@H](C(=O)N1c1ccc(Oc3cccc(Oc4ccc(N5C(=O)[C@@H]6[C@H](C5=O)[C@H]5C=C[C@H]6C5)cc4)c3)cc1)[C@@H]1C=C[C@H]2C1. The van der Waals surface area contributed by atoms with Crippen molar-refractivity contribution < 1.29 is 28.7 Å². The van der Waals surface area contributed by atoms with Gasteiger partial charge in [0, 0.05) is 6.07 Å². The van der Waals surface area contributed by atoms with E-state index in [-0.39, 0.29) is 71.0 Å². The van der Waals surface area contributed by atoms with Crippen molar-refractivity contribution in [2.45, 2.75) is 12.8 Å². The highest BCUT2D eigenvalue weighted by molar-refractivity contribution is 6.23. The molecule has 0 spiro atoms. The Kier molecular flexibility index (Phi) is 5.37. The number of carbonyl (C=O) groups is 4. The van der Waals surface area contributed by atoms with Gasteiger partial charge in [0.2, 0.25) is 23.6 Å². The van der Waals surface area contributed by atoms with Crippen molar-refractivity contribution in [1.29, 1.82) is 0 Å². The summed E-state index contributed by atoms with van der Waals surface area (Å²) < 4.78 is 12.1. The molecule has 4 amide bonds. The lowest BCUT2D eigenvalue weighted by atomic mass is 9.85. The number of hydrogen-bond acceptors (Lipinski definition) is 6. The minimum absolute atomic E-state index is 0.103. The molecule has 0 radical (unpaired) electrons. The Bertz CT molecular complexity index is 1620. The second-order valence-corrected chi connectivity index (χ2v) is 12.7. The fourth-order valence-corrected chi connectivity index (χ4v) is 8.51. The van der Waals surface area contributed by atoms with Crippen molar-refractivity contribution in [3.05, 3.63) is 97.1 Å². The number of amides is 4. The zero-order valence-electron chi connectivity index (χ0n) is 23.6. The van der Waals surface area contributed by atoms with Crippen molar-refractivity contribution >= 4 is 35.0 Å². The summed E-state index contributed by atoms with van der Waals surface area (Å²) in [5.74, 6) is 1.59. The van der Waals surface area contributed by atoms with Crippen LogP contribution in [-0.4, -0.2) is 23.6 Å². The molecule has 8 heteroatoms. The molecule has 0 N–H and O–H groups in total. The summed E-state index contributed by atoms with van der Waals surface area (Å²) in [6, 6.07) is 21.2. The van der Waals surface area contributed by atoms with Crippen LogP contribution in [0, 0.1) is 47.3 Å². The first-order chi connectivity index (χ1) is 21.4. The number of nitrogens with zero attached hydrogens (tertiary/aromatic N) is 2. The summed E-state index contributed by atoms with van der Waals surface area (Å²) in [5, 5.41) is 0. The van der Waals surface area contributed by atoms with Crippen LogP contribution in [0.4, 0.5) is 11.4 Å². The van der Waals surface area contributed by atoms with E-state index in [4.69, 9.17) is 9.47 Å². The van der Waals surface area contributed by atoms with Crippen LogP contribution in [0.15, 0.2) is 97.1 Å². The number of carbonyl (C=O) groups excluding carboxylic acids is 4. The summed E-state index contributed by atoms with van der Waals surface area (Å²) in [6.45, 7) is 0. The highest BCUT2D eigenvalue weighted by Crippen LogP contribution is 2.54. The van der Waals surface area contributed by atoms with Crippen LogP contribution in [0.2, 0.25) is 0 Å². The maximum atomic E-state index is 13.1. The van der Waals surface area contributed by atoms with Gasteiger partial charge in [-0.3, -0.25) is 29.0 Å². The lowest BCUT2D eigenvalue weighted by Gasteiger charge is -2.18. The van der Waals surface area contributed by atoms with Gasteiger partial charge in [0.1, 0.15) is 23.0 Å². The number of rotatable bonds is 6. The molecule has 2 heterocycles. The van der Waals surface area contributed by atoms with E-state index in [1.807, 2.05) is 18.2 Å². The van der Waals surface area contributed by atoms with E-state index in [0.29, 0.717) is 34.4 Å². The third-order valence-corrected chi connectivity index (χ3v) is 10.4. The molecule has 4 bridgehead atoms. The highest BCUT2D eigenvalue weighted by atomic mass is 16.5. The average Bonchev–Trinajstić information content (AvgIpc) is 3.88. The molecule has 44 heavy (non-hydrogen) atoms. The number of fused-ring (bicyclic) bond motifs is 10. The fourth-order valence-electron chi connectivity index (χ4n) is 8.51. The molecule has 0 unspecified atom stereocenters.